The normalized spacial score (nSPS) is 15.0. The third-order valence-electron chi connectivity index (χ3n) is 4.77. The van der Waals surface area contributed by atoms with Gasteiger partial charge in [-0.2, -0.15) is 0 Å². The summed E-state index contributed by atoms with van der Waals surface area (Å²) in [5, 5.41) is 2.21. The molecule has 5 nitrogen and oxygen atoms in total. The lowest BCUT2D eigenvalue weighted by atomic mass is 10.3. The summed E-state index contributed by atoms with van der Waals surface area (Å²) in [7, 11) is 0. The summed E-state index contributed by atoms with van der Waals surface area (Å²) >= 11 is 3.53. The van der Waals surface area contributed by atoms with Crippen molar-refractivity contribution in [1.29, 1.82) is 0 Å². The van der Waals surface area contributed by atoms with Crippen LogP contribution in [0.3, 0.4) is 0 Å². The number of nitrogens with zero attached hydrogens (tertiary/aromatic N) is 4. The molecule has 1 fully saturated rings. The molecule has 0 atom stereocenters. The van der Waals surface area contributed by atoms with Crippen LogP contribution in [0.1, 0.15) is 6.92 Å². The number of hydrogen-bond acceptors (Lipinski definition) is 7. The average molecular weight is 397 g/mol. The van der Waals surface area contributed by atoms with Gasteiger partial charge in [0.1, 0.15) is 11.3 Å². The first-order valence-corrected chi connectivity index (χ1v) is 10.8. The topological polar surface area (TPSA) is 41.5 Å². The van der Waals surface area contributed by atoms with Crippen LogP contribution in [0.15, 0.2) is 42.5 Å². The molecule has 5 rings (SSSR count). The molecular formula is C20H20N4OS2. The molecular weight excluding hydrogens is 376 g/mol. The molecule has 2 aromatic heterocycles. The fraction of sp³-hybridized carbons (Fsp3) is 0.300. The Hall–Kier alpha value is -2.38. The summed E-state index contributed by atoms with van der Waals surface area (Å²) in [6.45, 7) is 6.52. The zero-order valence-electron chi connectivity index (χ0n) is 15.1. The van der Waals surface area contributed by atoms with Gasteiger partial charge in [-0.05, 0) is 31.2 Å². The fourth-order valence-electron chi connectivity index (χ4n) is 3.40. The molecule has 4 aromatic rings. The van der Waals surface area contributed by atoms with Crippen LogP contribution in [0.4, 0.5) is 10.3 Å². The van der Waals surface area contributed by atoms with Gasteiger partial charge in [-0.25, -0.2) is 9.97 Å². The molecule has 138 valence electrons. The van der Waals surface area contributed by atoms with Gasteiger partial charge in [0.25, 0.3) is 0 Å². The molecule has 0 spiro atoms. The van der Waals surface area contributed by atoms with E-state index in [1.54, 1.807) is 22.7 Å². The molecule has 0 N–H and O–H groups in total. The van der Waals surface area contributed by atoms with Crippen molar-refractivity contribution >= 4 is 53.4 Å². The molecule has 7 heteroatoms. The highest BCUT2D eigenvalue weighted by Gasteiger charge is 2.22. The lowest BCUT2D eigenvalue weighted by molar-refractivity contribution is 0.344. The molecule has 27 heavy (non-hydrogen) atoms. The van der Waals surface area contributed by atoms with Crippen LogP contribution in [0.25, 0.3) is 20.4 Å². The maximum Gasteiger partial charge on any atom is 0.186 e. The Kier molecular flexibility index (Phi) is 4.33. The minimum absolute atomic E-state index is 0.660. The van der Waals surface area contributed by atoms with Gasteiger partial charge in [0.15, 0.2) is 10.3 Å². The SMILES string of the molecule is CCOc1cccc2sc(N3CCN(c4nc5ccccc5s4)CC3)nc12. The molecule has 0 amide bonds. The lowest BCUT2D eigenvalue weighted by Gasteiger charge is -2.34. The van der Waals surface area contributed by atoms with Crippen molar-refractivity contribution in [3.8, 4) is 5.75 Å². The summed E-state index contributed by atoms with van der Waals surface area (Å²) < 4.78 is 8.17. The standard InChI is InChI=1S/C20H20N4OS2/c1-2-25-15-7-5-9-17-18(15)22-20(27-17)24-12-10-23(11-13-24)19-21-14-6-3-4-8-16(14)26-19/h3-9H,2,10-13H2,1H3. The highest BCUT2D eigenvalue weighted by molar-refractivity contribution is 7.22. The molecule has 1 saturated heterocycles. The van der Waals surface area contributed by atoms with Crippen LogP contribution in [0, 0.1) is 0 Å². The fourth-order valence-corrected chi connectivity index (χ4v) is 5.46. The molecule has 0 bridgehead atoms. The maximum atomic E-state index is 5.73. The summed E-state index contributed by atoms with van der Waals surface area (Å²) in [5.41, 5.74) is 2.07. The molecule has 0 unspecified atom stereocenters. The highest BCUT2D eigenvalue weighted by atomic mass is 32.1. The van der Waals surface area contributed by atoms with E-state index in [0.29, 0.717) is 6.61 Å². The van der Waals surface area contributed by atoms with Crippen molar-refractivity contribution in [1.82, 2.24) is 9.97 Å². The first-order valence-electron chi connectivity index (χ1n) is 9.19. The quantitative estimate of drug-likeness (QED) is 0.503. The monoisotopic (exact) mass is 396 g/mol. The van der Waals surface area contributed by atoms with Crippen molar-refractivity contribution in [2.45, 2.75) is 6.92 Å². The van der Waals surface area contributed by atoms with E-state index in [0.717, 1.165) is 53.2 Å². The molecule has 1 aliphatic rings. The molecule has 0 saturated carbocycles. The van der Waals surface area contributed by atoms with Gasteiger partial charge < -0.3 is 14.5 Å². The minimum atomic E-state index is 0.660. The van der Waals surface area contributed by atoms with Crippen LogP contribution >= 0.6 is 22.7 Å². The van der Waals surface area contributed by atoms with Gasteiger partial charge in [-0.1, -0.05) is 40.9 Å². The van der Waals surface area contributed by atoms with Gasteiger partial charge in [0.2, 0.25) is 0 Å². The van der Waals surface area contributed by atoms with E-state index in [-0.39, 0.29) is 0 Å². The summed E-state index contributed by atoms with van der Waals surface area (Å²) in [6.07, 6.45) is 0. The number of piperazine rings is 1. The first-order chi connectivity index (χ1) is 13.3. The van der Waals surface area contributed by atoms with E-state index in [4.69, 9.17) is 14.7 Å². The number of rotatable bonds is 4. The zero-order chi connectivity index (χ0) is 18.2. The second-order valence-electron chi connectivity index (χ2n) is 6.47. The van der Waals surface area contributed by atoms with Crippen LogP contribution < -0.4 is 14.5 Å². The molecule has 0 radical (unpaired) electrons. The highest BCUT2D eigenvalue weighted by Crippen LogP contribution is 2.35. The Morgan fingerprint density at radius 3 is 2.26 bits per heavy atom. The van der Waals surface area contributed by atoms with Gasteiger partial charge in [-0.15, -0.1) is 0 Å². The van der Waals surface area contributed by atoms with Crippen molar-refractivity contribution in [3.05, 3.63) is 42.5 Å². The Labute approximate surface area is 165 Å². The van der Waals surface area contributed by atoms with Gasteiger partial charge in [0, 0.05) is 26.2 Å². The number of fused-ring (bicyclic) bond motifs is 2. The number of ether oxygens (including phenoxy) is 1. The summed E-state index contributed by atoms with van der Waals surface area (Å²) in [5.74, 6) is 0.880. The second-order valence-corrected chi connectivity index (χ2v) is 8.49. The van der Waals surface area contributed by atoms with Crippen LogP contribution in [-0.4, -0.2) is 42.8 Å². The predicted octanol–water partition coefficient (Wildman–Crippen LogP) is 4.63. The zero-order valence-corrected chi connectivity index (χ0v) is 16.7. The van der Waals surface area contributed by atoms with Crippen LogP contribution in [-0.2, 0) is 0 Å². The molecule has 2 aromatic carbocycles. The molecule has 3 heterocycles. The maximum absolute atomic E-state index is 5.73. The van der Waals surface area contributed by atoms with E-state index >= 15 is 0 Å². The number of para-hydroxylation sites is 2. The second kappa shape index (κ2) is 6.98. The van der Waals surface area contributed by atoms with Crippen LogP contribution in [0.2, 0.25) is 0 Å². The largest absolute Gasteiger partial charge is 0.492 e. The van der Waals surface area contributed by atoms with E-state index in [1.807, 2.05) is 25.1 Å². The Bertz CT molecular complexity index is 1050. The van der Waals surface area contributed by atoms with Crippen molar-refractivity contribution in [2.24, 2.45) is 0 Å². The molecule has 1 aliphatic heterocycles. The van der Waals surface area contributed by atoms with Crippen LogP contribution in [0.5, 0.6) is 5.75 Å². The smallest absolute Gasteiger partial charge is 0.186 e. The number of thiazole rings is 2. The summed E-state index contributed by atoms with van der Waals surface area (Å²) in [6, 6.07) is 14.5. The Balaban J connectivity index is 1.34. The predicted molar refractivity (Wildman–Crippen MR) is 115 cm³/mol. The first kappa shape index (κ1) is 16.8. The third kappa shape index (κ3) is 3.11. The average Bonchev–Trinajstić information content (AvgIpc) is 3.33. The van der Waals surface area contributed by atoms with E-state index < -0.39 is 0 Å². The van der Waals surface area contributed by atoms with E-state index in [1.165, 1.54) is 9.40 Å². The Morgan fingerprint density at radius 1 is 0.852 bits per heavy atom. The van der Waals surface area contributed by atoms with Gasteiger partial charge in [0.05, 0.1) is 21.5 Å². The van der Waals surface area contributed by atoms with Crippen molar-refractivity contribution < 1.29 is 4.74 Å². The van der Waals surface area contributed by atoms with Crippen molar-refractivity contribution in [3.63, 3.8) is 0 Å². The minimum Gasteiger partial charge on any atom is -0.492 e. The number of anilines is 2. The number of benzene rings is 2. The summed E-state index contributed by atoms with van der Waals surface area (Å²) in [4.78, 5) is 14.4. The van der Waals surface area contributed by atoms with Crippen molar-refractivity contribution in [2.75, 3.05) is 42.6 Å². The number of hydrogen-bond donors (Lipinski definition) is 0. The Morgan fingerprint density at radius 2 is 1.52 bits per heavy atom. The van der Waals surface area contributed by atoms with Gasteiger partial charge in [-0.3, -0.25) is 0 Å². The third-order valence-corrected chi connectivity index (χ3v) is 6.95. The van der Waals surface area contributed by atoms with E-state index in [9.17, 15) is 0 Å². The molecule has 0 aliphatic carbocycles. The number of aromatic nitrogens is 2. The lowest BCUT2D eigenvalue weighted by Crippen LogP contribution is -2.46. The van der Waals surface area contributed by atoms with Gasteiger partial charge >= 0.3 is 0 Å². The van der Waals surface area contributed by atoms with E-state index in [2.05, 4.69) is 34.1 Å².